The molecule has 0 spiro atoms. The van der Waals surface area contributed by atoms with Crippen molar-refractivity contribution in [1.29, 1.82) is 0 Å². The minimum Gasteiger partial charge on any atom is -0.481 e. The summed E-state index contributed by atoms with van der Waals surface area (Å²) >= 11 is 0. The number of nitrogens with zero attached hydrogens (tertiary/aromatic N) is 5. The second-order valence-electron chi connectivity index (χ2n) is 10.3. The van der Waals surface area contributed by atoms with E-state index in [1.165, 1.54) is 6.07 Å². The number of benzene rings is 2. The average molecular weight is 610 g/mol. The van der Waals surface area contributed by atoms with Crippen molar-refractivity contribution in [3.63, 3.8) is 0 Å². The van der Waals surface area contributed by atoms with Gasteiger partial charge in [-0.3, -0.25) is 4.79 Å². The van der Waals surface area contributed by atoms with E-state index in [9.17, 15) is 36.2 Å². The lowest BCUT2D eigenvalue weighted by atomic mass is 9.94. The maximum atomic E-state index is 14.2. The largest absolute Gasteiger partial charge is 0.481 e. The van der Waals surface area contributed by atoms with Gasteiger partial charge < -0.3 is 19.6 Å². The van der Waals surface area contributed by atoms with Crippen LogP contribution in [0, 0.1) is 5.92 Å². The van der Waals surface area contributed by atoms with E-state index in [0.717, 1.165) is 31.5 Å². The molecule has 5 rings (SSSR count). The molecule has 9 nitrogen and oxygen atoms in total. The van der Waals surface area contributed by atoms with Crippen LogP contribution in [0.2, 0.25) is 0 Å². The fourth-order valence-corrected chi connectivity index (χ4v) is 5.24. The summed E-state index contributed by atoms with van der Waals surface area (Å²) in [7, 11) is 0. The van der Waals surface area contributed by atoms with Crippen LogP contribution in [0.15, 0.2) is 59.3 Å². The van der Waals surface area contributed by atoms with Crippen molar-refractivity contribution in [2.75, 3.05) is 19.6 Å². The van der Waals surface area contributed by atoms with E-state index in [0.29, 0.717) is 36.5 Å². The summed E-state index contributed by atoms with van der Waals surface area (Å²) in [6.45, 7) is 1.59. The molecule has 15 heteroatoms. The molecule has 1 saturated heterocycles. The van der Waals surface area contributed by atoms with Gasteiger partial charge in [-0.2, -0.15) is 36.4 Å². The summed E-state index contributed by atoms with van der Waals surface area (Å²) in [6, 6.07) is 10.1. The molecule has 0 aliphatic carbocycles. The third-order valence-corrected chi connectivity index (χ3v) is 7.18. The SMILES string of the molecule is O=C(O)C[C@H]1CCCN(C[C@H](O)c2ccc(-c3noc(-c4cnn(-c5ccccc5C(F)(F)F)c4C(F)(F)F)n3)cc2)C1. The first kappa shape index (κ1) is 30.2. The molecule has 4 aromatic rings. The van der Waals surface area contributed by atoms with Gasteiger partial charge >= 0.3 is 18.3 Å². The molecule has 3 heterocycles. The Bertz CT molecular complexity index is 1580. The highest BCUT2D eigenvalue weighted by molar-refractivity contribution is 5.67. The van der Waals surface area contributed by atoms with Crippen molar-refractivity contribution in [2.24, 2.45) is 5.92 Å². The predicted molar refractivity (Wildman–Crippen MR) is 139 cm³/mol. The van der Waals surface area contributed by atoms with Gasteiger partial charge in [-0.05, 0) is 43.0 Å². The third kappa shape index (κ3) is 6.72. The number of aliphatic hydroxyl groups is 1. The Morgan fingerprint density at radius 1 is 1.05 bits per heavy atom. The van der Waals surface area contributed by atoms with E-state index < -0.39 is 52.8 Å². The number of likely N-dealkylation sites (tertiary alicyclic amines) is 1. The molecule has 228 valence electrons. The average Bonchev–Trinajstić information content (AvgIpc) is 3.60. The van der Waals surface area contributed by atoms with E-state index in [4.69, 9.17) is 9.63 Å². The van der Waals surface area contributed by atoms with Gasteiger partial charge in [0.2, 0.25) is 5.82 Å². The van der Waals surface area contributed by atoms with Crippen molar-refractivity contribution in [3.05, 3.63) is 71.5 Å². The number of hydrogen-bond acceptors (Lipinski definition) is 7. The lowest BCUT2D eigenvalue weighted by Crippen LogP contribution is -2.38. The molecule has 0 amide bonds. The molecule has 0 radical (unpaired) electrons. The summed E-state index contributed by atoms with van der Waals surface area (Å²) in [4.78, 5) is 17.1. The number of para-hydroxylation sites is 1. The van der Waals surface area contributed by atoms with Crippen LogP contribution in [0.4, 0.5) is 26.3 Å². The molecule has 0 unspecified atom stereocenters. The van der Waals surface area contributed by atoms with Crippen molar-refractivity contribution in [2.45, 2.75) is 37.7 Å². The Kier molecular flexibility index (Phi) is 8.29. The van der Waals surface area contributed by atoms with Crippen LogP contribution in [-0.2, 0) is 17.1 Å². The molecular formula is C28H25F6N5O4. The zero-order valence-electron chi connectivity index (χ0n) is 22.3. The molecular weight excluding hydrogens is 584 g/mol. The number of aliphatic carboxylic acids is 1. The van der Waals surface area contributed by atoms with Crippen LogP contribution in [0.1, 0.15) is 42.2 Å². The minimum atomic E-state index is -5.13. The molecule has 0 bridgehead atoms. The predicted octanol–water partition coefficient (Wildman–Crippen LogP) is 5.85. The Labute approximate surface area is 240 Å². The topological polar surface area (TPSA) is 118 Å². The van der Waals surface area contributed by atoms with Gasteiger partial charge in [0.25, 0.3) is 5.89 Å². The molecule has 0 saturated carbocycles. The molecule has 2 atom stereocenters. The first-order valence-electron chi connectivity index (χ1n) is 13.2. The van der Waals surface area contributed by atoms with E-state index in [-0.39, 0.29) is 22.8 Å². The summed E-state index contributed by atoms with van der Waals surface area (Å²) in [5.41, 5.74) is -3.42. The normalized spacial score (nSPS) is 17.2. The number of aliphatic hydroxyl groups excluding tert-OH is 1. The second-order valence-corrected chi connectivity index (χ2v) is 10.3. The summed E-state index contributed by atoms with van der Waals surface area (Å²) < 4.78 is 88.3. The van der Waals surface area contributed by atoms with Crippen molar-refractivity contribution in [1.82, 2.24) is 24.8 Å². The number of aromatic nitrogens is 4. The standard InChI is InChI=1S/C28H25F6N5O4/c29-27(30,31)20-5-1-2-6-21(20)39-24(28(32,33)34)19(13-35-39)26-36-25(37-43-26)18-9-7-17(8-10-18)22(40)15-38-11-3-4-16(14-38)12-23(41)42/h1-2,5-10,13,16,22,40H,3-4,11-12,14-15H2,(H,41,42)/t16-,22+/m1/s1. The molecule has 1 aliphatic rings. The number of alkyl halides is 6. The molecule has 2 aromatic carbocycles. The first-order chi connectivity index (χ1) is 20.3. The summed E-state index contributed by atoms with van der Waals surface area (Å²) in [6.07, 6.45) is -8.51. The highest BCUT2D eigenvalue weighted by Crippen LogP contribution is 2.41. The van der Waals surface area contributed by atoms with E-state index in [2.05, 4.69) is 15.2 Å². The second kappa shape index (κ2) is 11.8. The number of rotatable bonds is 8. The maximum Gasteiger partial charge on any atom is 0.434 e. The number of halogens is 6. The lowest BCUT2D eigenvalue weighted by molar-refractivity contribution is -0.144. The third-order valence-electron chi connectivity index (χ3n) is 7.18. The highest BCUT2D eigenvalue weighted by Gasteiger charge is 2.43. The smallest absolute Gasteiger partial charge is 0.434 e. The zero-order chi connectivity index (χ0) is 30.9. The summed E-state index contributed by atoms with van der Waals surface area (Å²) in [5, 5.41) is 27.1. The van der Waals surface area contributed by atoms with Gasteiger partial charge in [0.15, 0.2) is 5.69 Å². The van der Waals surface area contributed by atoms with Gasteiger partial charge in [0.05, 0.1) is 29.1 Å². The highest BCUT2D eigenvalue weighted by atomic mass is 19.4. The lowest BCUT2D eigenvalue weighted by Gasteiger charge is -2.33. The maximum absolute atomic E-state index is 14.2. The van der Waals surface area contributed by atoms with Crippen molar-refractivity contribution < 1.29 is 45.9 Å². The van der Waals surface area contributed by atoms with Crippen LogP contribution >= 0.6 is 0 Å². The Morgan fingerprint density at radius 2 is 1.77 bits per heavy atom. The van der Waals surface area contributed by atoms with E-state index >= 15 is 0 Å². The quantitative estimate of drug-likeness (QED) is 0.239. The van der Waals surface area contributed by atoms with Crippen molar-refractivity contribution >= 4 is 5.97 Å². The first-order valence-corrected chi connectivity index (χ1v) is 13.2. The monoisotopic (exact) mass is 609 g/mol. The number of piperidine rings is 1. The molecule has 1 aliphatic heterocycles. The minimum absolute atomic E-state index is 0.0117. The fraction of sp³-hybridized carbons (Fsp3) is 0.357. The van der Waals surface area contributed by atoms with Gasteiger partial charge in [0, 0.05) is 25.1 Å². The number of carboxylic acid groups (broad SMARTS) is 1. The van der Waals surface area contributed by atoms with Gasteiger partial charge in [-0.25, -0.2) is 4.68 Å². The molecule has 1 fully saturated rings. The van der Waals surface area contributed by atoms with E-state index in [1.807, 2.05) is 4.90 Å². The Balaban J connectivity index is 1.36. The van der Waals surface area contributed by atoms with E-state index in [1.54, 1.807) is 24.3 Å². The van der Waals surface area contributed by atoms with Crippen molar-refractivity contribution in [3.8, 4) is 28.5 Å². The summed E-state index contributed by atoms with van der Waals surface area (Å²) in [5.74, 6) is -1.52. The fourth-order valence-electron chi connectivity index (χ4n) is 5.24. The molecule has 43 heavy (non-hydrogen) atoms. The van der Waals surface area contributed by atoms with Gasteiger partial charge in [0.1, 0.15) is 0 Å². The van der Waals surface area contributed by atoms with Crippen LogP contribution in [0.5, 0.6) is 0 Å². The van der Waals surface area contributed by atoms with Crippen LogP contribution in [0.25, 0.3) is 28.5 Å². The Morgan fingerprint density at radius 3 is 2.44 bits per heavy atom. The Hall–Kier alpha value is -4.24. The van der Waals surface area contributed by atoms with Gasteiger partial charge in [-0.1, -0.05) is 41.6 Å². The number of β-amino-alcohol motifs (C(OH)–C–C–N with tert-alkyl or cyclic N) is 1. The molecule has 2 aromatic heterocycles. The number of carbonyl (C=O) groups is 1. The number of carboxylic acids is 1. The van der Waals surface area contributed by atoms with Gasteiger partial charge in [-0.15, -0.1) is 0 Å². The van der Waals surface area contributed by atoms with Crippen LogP contribution < -0.4 is 0 Å². The van der Waals surface area contributed by atoms with Crippen LogP contribution in [-0.4, -0.2) is 60.6 Å². The van der Waals surface area contributed by atoms with Crippen LogP contribution in [0.3, 0.4) is 0 Å². The molecule has 2 N–H and O–H groups in total. The zero-order valence-corrected chi connectivity index (χ0v) is 22.3. The number of hydrogen-bond donors (Lipinski definition) is 2.